The Morgan fingerprint density at radius 3 is 1.32 bits per heavy atom. The third-order valence-electron chi connectivity index (χ3n) is 3.70. The second kappa shape index (κ2) is 20.1. The van der Waals surface area contributed by atoms with Gasteiger partial charge in [0, 0.05) is 13.7 Å². The van der Waals surface area contributed by atoms with Gasteiger partial charge in [-0.2, -0.15) is 0 Å². The number of hydrogen-bond donors (Lipinski definition) is 0. The molecule has 0 N–H and O–H groups in total. The number of carboxylic acid groups (broad SMARTS) is 3. The van der Waals surface area contributed by atoms with Crippen molar-refractivity contribution in [3.05, 3.63) is 0 Å². The number of unbranched alkanes of at least 4 members (excludes halogenated alkanes) is 7. The largest absolute Gasteiger partial charge is 1.00 e. The summed E-state index contributed by atoms with van der Waals surface area (Å²) in [5.74, 6) is -6.57. The number of carbonyl (C=O) groups is 3. The van der Waals surface area contributed by atoms with Crippen LogP contribution in [-0.4, -0.2) is 31.6 Å². The molecule has 10 heteroatoms. The van der Waals surface area contributed by atoms with Crippen LogP contribution in [0.3, 0.4) is 0 Å². The van der Waals surface area contributed by atoms with Crippen LogP contribution in [0.4, 0.5) is 0 Å². The quantitative estimate of drug-likeness (QED) is 0.165. The zero-order valence-corrected chi connectivity index (χ0v) is 21.9. The molecule has 0 radical (unpaired) electrons. The third-order valence-corrected chi connectivity index (χ3v) is 3.70. The minimum absolute atomic E-state index is 0. The minimum Gasteiger partial charge on any atom is -0.549 e. The predicted octanol–water partition coefficient (Wildman–Crippen LogP) is -10.6. The molecule has 0 aliphatic carbocycles. The zero-order chi connectivity index (χ0) is 17.0. The van der Waals surface area contributed by atoms with E-state index < -0.39 is 29.7 Å². The van der Waals surface area contributed by atoms with Crippen LogP contribution in [0.5, 0.6) is 0 Å². The van der Waals surface area contributed by atoms with Gasteiger partial charge in [-0.05, 0) is 12.8 Å². The van der Waals surface area contributed by atoms with E-state index in [-0.39, 0.29) is 95.1 Å². The van der Waals surface area contributed by atoms with Gasteiger partial charge >= 0.3 is 88.7 Å². The SMILES string of the molecule is COCCCCCCCCCCC(C(=O)[O-])(C(=O)[O-])C(=O)[O-].[Na+].[Na+].[Na+]. The van der Waals surface area contributed by atoms with E-state index in [1.54, 1.807) is 7.11 Å². The maximum Gasteiger partial charge on any atom is 1.00 e. The van der Waals surface area contributed by atoms with Gasteiger partial charge in [-0.15, -0.1) is 0 Å². The van der Waals surface area contributed by atoms with Gasteiger partial charge in [0.15, 0.2) is 0 Å². The van der Waals surface area contributed by atoms with E-state index in [1.807, 2.05) is 0 Å². The number of hydrogen-bond acceptors (Lipinski definition) is 7. The molecule has 128 valence electrons. The van der Waals surface area contributed by atoms with Gasteiger partial charge in [0.1, 0.15) is 0 Å². The molecule has 0 bridgehead atoms. The molecule has 0 unspecified atom stereocenters. The number of carboxylic acids is 3. The van der Waals surface area contributed by atoms with E-state index in [1.165, 1.54) is 0 Å². The molecule has 0 aromatic heterocycles. The molecule has 0 aromatic rings. The average molecular weight is 384 g/mol. The van der Waals surface area contributed by atoms with Gasteiger partial charge in [0.25, 0.3) is 0 Å². The summed E-state index contributed by atoms with van der Waals surface area (Å²) >= 11 is 0. The number of aliphatic carboxylic acids is 3. The fourth-order valence-electron chi connectivity index (χ4n) is 2.25. The number of carbonyl (C=O) groups excluding carboxylic acids is 3. The first-order valence-electron chi connectivity index (χ1n) is 7.53. The van der Waals surface area contributed by atoms with Gasteiger partial charge in [0.05, 0.1) is 23.3 Å². The van der Waals surface area contributed by atoms with E-state index in [0.29, 0.717) is 6.42 Å². The van der Waals surface area contributed by atoms with Gasteiger partial charge in [-0.1, -0.05) is 44.9 Å². The monoisotopic (exact) mass is 384 g/mol. The van der Waals surface area contributed by atoms with Crippen molar-refractivity contribution in [2.75, 3.05) is 13.7 Å². The fraction of sp³-hybridized carbons (Fsp3) is 0.800. The van der Waals surface area contributed by atoms with E-state index in [4.69, 9.17) is 4.74 Å². The van der Waals surface area contributed by atoms with Crippen molar-refractivity contribution in [1.29, 1.82) is 0 Å². The van der Waals surface area contributed by atoms with Crippen LogP contribution in [0.1, 0.15) is 57.8 Å². The summed E-state index contributed by atoms with van der Waals surface area (Å²) in [7, 11) is 1.66. The summed E-state index contributed by atoms with van der Waals surface area (Å²) < 4.78 is 4.93. The van der Waals surface area contributed by atoms with Crippen LogP contribution in [0.25, 0.3) is 0 Å². The van der Waals surface area contributed by atoms with Crippen LogP contribution in [0, 0.1) is 5.41 Å². The van der Waals surface area contributed by atoms with E-state index >= 15 is 0 Å². The van der Waals surface area contributed by atoms with E-state index in [2.05, 4.69) is 0 Å². The maximum atomic E-state index is 10.8. The Bertz CT molecular complexity index is 342. The summed E-state index contributed by atoms with van der Waals surface area (Å²) in [5, 5.41) is 32.5. The minimum atomic E-state index is -3.06. The van der Waals surface area contributed by atoms with Gasteiger partial charge < -0.3 is 34.4 Å². The van der Waals surface area contributed by atoms with Crippen LogP contribution < -0.4 is 104 Å². The van der Waals surface area contributed by atoms with E-state index in [9.17, 15) is 29.7 Å². The number of methoxy groups -OCH3 is 1. The summed E-state index contributed by atoms with van der Waals surface area (Å²) in [6.07, 6.45) is 6.04. The first-order valence-corrected chi connectivity index (χ1v) is 7.53. The van der Waals surface area contributed by atoms with Gasteiger partial charge in [-0.3, -0.25) is 0 Å². The standard InChI is InChI=1S/C15H26O7.3Na/c1-22-11-9-7-5-3-2-4-6-8-10-15(12(16)17,13(18)19)14(20)21;;;/h2-11H2,1H3,(H,16,17)(H,18,19)(H,20,21);;;/q;3*+1/p-3. The maximum absolute atomic E-state index is 10.8. The number of ether oxygens (including phenoxy) is 1. The smallest absolute Gasteiger partial charge is 0.549 e. The van der Waals surface area contributed by atoms with Crippen LogP contribution >= 0.6 is 0 Å². The molecule has 0 fully saturated rings. The molecule has 0 aliphatic heterocycles. The Morgan fingerprint density at radius 1 is 0.680 bits per heavy atom. The summed E-state index contributed by atoms with van der Waals surface area (Å²) in [5.41, 5.74) is -3.06. The molecule has 0 rings (SSSR count). The summed E-state index contributed by atoms with van der Waals surface area (Å²) in [4.78, 5) is 32.5. The van der Waals surface area contributed by atoms with Crippen LogP contribution in [-0.2, 0) is 19.1 Å². The molecule has 0 atom stereocenters. The van der Waals surface area contributed by atoms with Crippen molar-refractivity contribution >= 4 is 17.9 Å². The fourth-order valence-corrected chi connectivity index (χ4v) is 2.25. The first kappa shape index (κ1) is 33.9. The molecule has 0 aliphatic rings. The summed E-state index contributed by atoms with van der Waals surface area (Å²) in [6.45, 7) is 0.748. The molecule has 0 amide bonds. The molecular weight excluding hydrogens is 361 g/mol. The van der Waals surface area contributed by atoms with Crippen molar-refractivity contribution in [3.63, 3.8) is 0 Å². The molecule has 0 aromatic carbocycles. The second-order valence-corrected chi connectivity index (χ2v) is 5.34. The molecule has 7 nitrogen and oxygen atoms in total. The van der Waals surface area contributed by atoms with Crippen molar-refractivity contribution in [2.24, 2.45) is 5.41 Å². The van der Waals surface area contributed by atoms with Crippen LogP contribution in [0.2, 0.25) is 0 Å². The molecule has 0 heterocycles. The molecule has 0 saturated heterocycles. The normalized spacial score (nSPS) is 9.96. The van der Waals surface area contributed by atoms with Crippen LogP contribution in [0.15, 0.2) is 0 Å². The van der Waals surface area contributed by atoms with Gasteiger partial charge in [-0.25, -0.2) is 0 Å². The molecule has 25 heavy (non-hydrogen) atoms. The Labute approximate surface area is 215 Å². The Morgan fingerprint density at radius 2 is 1.00 bits per heavy atom. The van der Waals surface area contributed by atoms with Gasteiger partial charge in [0.2, 0.25) is 0 Å². The van der Waals surface area contributed by atoms with Crippen molar-refractivity contribution < 1.29 is 123 Å². The molecule has 0 saturated carbocycles. The molecular formula is C15H23Na3O7. The molecule has 0 spiro atoms. The second-order valence-electron chi connectivity index (χ2n) is 5.34. The van der Waals surface area contributed by atoms with Crippen molar-refractivity contribution in [3.8, 4) is 0 Å². The average Bonchev–Trinajstić information content (AvgIpc) is 2.43. The topological polar surface area (TPSA) is 130 Å². The van der Waals surface area contributed by atoms with Crippen molar-refractivity contribution in [2.45, 2.75) is 57.8 Å². The Hall–Kier alpha value is 1.37. The Kier molecular flexibility index (Phi) is 27.3. The van der Waals surface area contributed by atoms with E-state index in [0.717, 1.165) is 45.1 Å². The first-order chi connectivity index (χ1) is 10.4. The predicted molar refractivity (Wildman–Crippen MR) is 70.9 cm³/mol. The Balaban J connectivity index is -0.000000735. The van der Waals surface area contributed by atoms with Crippen molar-refractivity contribution in [1.82, 2.24) is 0 Å². The zero-order valence-electron chi connectivity index (χ0n) is 15.9. The third kappa shape index (κ3) is 13.2. The summed E-state index contributed by atoms with van der Waals surface area (Å²) in [6, 6.07) is 0. The number of rotatable bonds is 14.